The molecule has 0 atom stereocenters. The van der Waals surface area contributed by atoms with Gasteiger partial charge in [0.1, 0.15) is 0 Å². The Morgan fingerprint density at radius 1 is 1.25 bits per heavy atom. The number of aryl methyl sites for hydroxylation is 1. The molecule has 4 heteroatoms. The summed E-state index contributed by atoms with van der Waals surface area (Å²) < 4.78 is 0. The van der Waals surface area contributed by atoms with Gasteiger partial charge in [0.25, 0.3) is 0 Å². The number of pyridine rings is 1. The first-order valence-electron chi connectivity index (χ1n) is 9.10. The lowest BCUT2D eigenvalue weighted by molar-refractivity contribution is -0.127. The van der Waals surface area contributed by atoms with Crippen LogP contribution in [0.5, 0.6) is 0 Å². The number of fused-ring (bicyclic) bond motifs is 1. The van der Waals surface area contributed by atoms with E-state index in [2.05, 4.69) is 42.7 Å². The minimum Gasteiger partial charge on any atom is -0.384 e. The predicted octanol–water partition coefficient (Wildman–Crippen LogP) is 3.82. The van der Waals surface area contributed by atoms with E-state index < -0.39 is 0 Å². The largest absolute Gasteiger partial charge is 0.384 e. The van der Waals surface area contributed by atoms with Gasteiger partial charge in [0.2, 0.25) is 5.91 Å². The van der Waals surface area contributed by atoms with Crippen LogP contribution in [0.1, 0.15) is 43.9 Å². The van der Waals surface area contributed by atoms with Crippen LogP contribution in [0, 0.1) is 12.8 Å². The summed E-state index contributed by atoms with van der Waals surface area (Å²) in [7, 11) is 0. The molecule has 0 saturated heterocycles. The number of carbonyl (C=O) groups is 1. The van der Waals surface area contributed by atoms with Crippen LogP contribution in [0.3, 0.4) is 0 Å². The van der Waals surface area contributed by atoms with Crippen molar-refractivity contribution < 1.29 is 4.79 Å². The Hall–Kier alpha value is -2.10. The first kappa shape index (κ1) is 16.7. The van der Waals surface area contributed by atoms with Crippen LogP contribution in [0.2, 0.25) is 0 Å². The second-order valence-electron chi connectivity index (χ2n) is 6.62. The number of rotatable bonds is 7. The quantitative estimate of drug-likeness (QED) is 0.761. The fourth-order valence-corrected chi connectivity index (χ4v) is 3.34. The van der Waals surface area contributed by atoms with Crippen LogP contribution >= 0.6 is 0 Å². The fourth-order valence-electron chi connectivity index (χ4n) is 3.34. The summed E-state index contributed by atoms with van der Waals surface area (Å²) in [5.41, 5.74) is 4.61. The van der Waals surface area contributed by atoms with Gasteiger partial charge >= 0.3 is 0 Å². The molecule has 0 bridgehead atoms. The van der Waals surface area contributed by atoms with E-state index in [-0.39, 0.29) is 11.8 Å². The molecular formula is C20H27N3O. The summed E-state index contributed by atoms with van der Waals surface area (Å²) in [5, 5.41) is 7.82. The summed E-state index contributed by atoms with van der Waals surface area (Å²) in [6.07, 6.45) is 5.22. The Bertz CT molecular complexity index is 722. The summed E-state index contributed by atoms with van der Waals surface area (Å²) in [5.74, 6) is 0.511. The highest BCUT2D eigenvalue weighted by Gasteiger charge is 2.24. The third-order valence-electron chi connectivity index (χ3n) is 4.98. The van der Waals surface area contributed by atoms with Crippen LogP contribution in [-0.4, -0.2) is 24.0 Å². The molecule has 1 aliphatic carbocycles. The molecule has 0 aliphatic heterocycles. The summed E-state index contributed by atoms with van der Waals surface area (Å²) in [6, 6.07) is 8.27. The Morgan fingerprint density at radius 2 is 2.04 bits per heavy atom. The van der Waals surface area contributed by atoms with Crippen LogP contribution < -0.4 is 10.6 Å². The molecule has 1 aromatic carbocycles. The van der Waals surface area contributed by atoms with E-state index in [1.54, 1.807) is 0 Å². The van der Waals surface area contributed by atoms with E-state index >= 15 is 0 Å². The van der Waals surface area contributed by atoms with E-state index in [9.17, 15) is 4.79 Å². The zero-order valence-corrected chi connectivity index (χ0v) is 14.7. The van der Waals surface area contributed by atoms with Gasteiger partial charge in [0, 0.05) is 35.8 Å². The maximum absolute atomic E-state index is 11.8. The highest BCUT2D eigenvalue weighted by molar-refractivity contribution is 5.93. The number of carbonyl (C=O) groups excluding carboxylic acids is 1. The van der Waals surface area contributed by atoms with Gasteiger partial charge in [-0.2, -0.15) is 0 Å². The highest BCUT2D eigenvalue weighted by atomic mass is 16.1. The maximum atomic E-state index is 11.8. The molecule has 3 rings (SSSR count). The number of hydrogen-bond donors (Lipinski definition) is 2. The Labute approximate surface area is 144 Å². The fraction of sp³-hybridized carbons (Fsp3) is 0.500. The molecule has 0 radical (unpaired) electrons. The van der Waals surface area contributed by atoms with E-state index in [1.807, 2.05) is 6.07 Å². The number of para-hydroxylation sites is 1. The molecule has 1 saturated carbocycles. The molecule has 1 fully saturated rings. The van der Waals surface area contributed by atoms with Gasteiger partial charge in [0.05, 0.1) is 5.52 Å². The van der Waals surface area contributed by atoms with Crippen LogP contribution in [0.15, 0.2) is 24.3 Å². The van der Waals surface area contributed by atoms with E-state index in [4.69, 9.17) is 4.98 Å². The van der Waals surface area contributed by atoms with E-state index in [0.29, 0.717) is 0 Å². The van der Waals surface area contributed by atoms with Gasteiger partial charge in [-0.25, -0.2) is 0 Å². The average Bonchev–Trinajstić information content (AvgIpc) is 2.52. The highest BCUT2D eigenvalue weighted by Crippen LogP contribution is 2.29. The number of anilines is 1. The zero-order valence-electron chi connectivity index (χ0n) is 14.7. The van der Waals surface area contributed by atoms with Crippen molar-refractivity contribution >= 4 is 22.5 Å². The lowest BCUT2D eigenvalue weighted by atomic mass is 9.85. The van der Waals surface area contributed by atoms with Crippen molar-refractivity contribution in [3.05, 3.63) is 35.5 Å². The number of hydrogen-bond acceptors (Lipinski definition) is 3. The third-order valence-corrected chi connectivity index (χ3v) is 4.98. The second-order valence-corrected chi connectivity index (χ2v) is 6.62. The smallest absolute Gasteiger partial charge is 0.223 e. The molecular weight excluding hydrogens is 298 g/mol. The molecule has 2 aromatic rings. The normalized spacial score (nSPS) is 14.4. The van der Waals surface area contributed by atoms with Crippen molar-refractivity contribution in [3.8, 4) is 0 Å². The van der Waals surface area contributed by atoms with Gasteiger partial charge in [-0.1, -0.05) is 31.5 Å². The molecule has 2 N–H and O–H groups in total. The lowest BCUT2D eigenvalue weighted by Gasteiger charge is -2.24. The maximum Gasteiger partial charge on any atom is 0.223 e. The minimum atomic E-state index is 0.237. The van der Waals surface area contributed by atoms with Crippen molar-refractivity contribution in [2.75, 3.05) is 18.4 Å². The van der Waals surface area contributed by atoms with E-state index in [1.165, 1.54) is 23.1 Å². The minimum absolute atomic E-state index is 0.237. The summed E-state index contributed by atoms with van der Waals surface area (Å²) in [4.78, 5) is 16.6. The van der Waals surface area contributed by atoms with Crippen molar-refractivity contribution in [2.45, 2.75) is 46.0 Å². The van der Waals surface area contributed by atoms with Gasteiger partial charge in [-0.05, 0) is 44.2 Å². The van der Waals surface area contributed by atoms with Crippen LogP contribution in [0.25, 0.3) is 10.9 Å². The van der Waals surface area contributed by atoms with Gasteiger partial charge in [-0.3, -0.25) is 9.78 Å². The van der Waals surface area contributed by atoms with Crippen LogP contribution in [-0.2, 0) is 11.2 Å². The van der Waals surface area contributed by atoms with Crippen molar-refractivity contribution in [3.63, 3.8) is 0 Å². The predicted molar refractivity (Wildman–Crippen MR) is 99.3 cm³/mol. The van der Waals surface area contributed by atoms with E-state index in [0.717, 1.165) is 50.0 Å². The SMILES string of the molecule is CCc1c(C)nc2ccccc2c1NCCCNC(=O)C1CCC1. The molecule has 1 amide bonds. The van der Waals surface area contributed by atoms with Gasteiger partial charge in [-0.15, -0.1) is 0 Å². The standard InChI is InChI=1S/C20H27N3O/c1-3-16-14(2)23-18-11-5-4-10-17(18)19(16)21-12-7-13-22-20(24)15-8-6-9-15/h4-5,10-11,15H,3,6-9,12-13H2,1-2H3,(H,21,23)(H,22,24). The number of nitrogens with zero attached hydrogens (tertiary/aromatic N) is 1. The van der Waals surface area contributed by atoms with Crippen molar-refractivity contribution in [2.24, 2.45) is 5.92 Å². The molecule has 4 nitrogen and oxygen atoms in total. The zero-order chi connectivity index (χ0) is 16.9. The molecule has 1 aliphatic rings. The lowest BCUT2D eigenvalue weighted by Crippen LogP contribution is -2.35. The van der Waals surface area contributed by atoms with Crippen molar-refractivity contribution in [1.29, 1.82) is 0 Å². The average molecular weight is 325 g/mol. The third kappa shape index (κ3) is 3.53. The summed E-state index contributed by atoms with van der Waals surface area (Å²) >= 11 is 0. The topological polar surface area (TPSA) is 54.0 Å². The first-order valence-corrected chi connectivity index (χ1v) is 9.10. The number of aromatic nitrogens is 1. The Balaban J connectivity index is 1.60. The van der Waals surface area contributed by atoms with Crippen LogP contribution in [0.4, 0.5) is 5.69 Å². The number of nitrogens with one attached hydrogen (secondary N) is 2. The number of benzene rings is 1. The monoisotopic (exact) mass is 325 g/mol. The molecule has 24 heavy (non-hydrogen) atoms. The molecule has 1 aromatic heterocycles. The summed E-state index contributed by atoms with van der Waals surface area (Å²) in [6.45, 7) is 5.84. The Kier molecular flexibility index (Phi) is 5.34. The number of amides is 1. The second kappa shape index (κ2) is 7.65. The first-order chi connectivity index (χ1) is 11.7. The van der Waals surface area contributed by atoms with Gasteiger partial charge < -0.3 is 10.6 Å². The van der Waals surface area contributed by atoms with Crippen molar-refractivity contribution in [1.82, 2.24) is 10.3 Å². The molecule has 0 unspecified atom stereocenters. The molecule has 128 valence electrons. The molecule has 0 spiro atoms. The molecule has 1 heterocycles. The van der Waals surface area contributed by atoms with Gasteiger partial charge in [0.15, 0.2) is 0 Å². The Morgan fingerprint density at radius 3 is 2.75 bits per heavy atom.